The molecule has 35 heavy (non-hydrogen) atoms. The van der Waals surface area contributed by atoms with E-state index in [4.69, 9.17) is 4.52 Å². The van der Waals surface area contributed by atoms with Crippen LogP contribution in [0.15, 0.2) is 51.9 Å². The maximum atomic E-state index is 13.5. The maximum Gasteiger partial charge on any atom is 0.417 e. The Balaban J connectivity index is 1.44. The van der Waals surface area contributed by atoms with Crippen LogP contribution in [-0.4, -0.2) is 24.9 Å². The van der Waals surface area contributed by atoms with Crippen LogP contribution in [-0.2, 0) is 18.9 Å². The fourth-order valence-electron chi connectivity index (χ4n) is 3.51. The van der Waals surface area contributed by atoms with Crippen LogP contribution >= 0.6 is 11.3 Å². The van der Waals surface area contributed by atoms with Gasteiger partial charge in [0, 0.05) is 22.6 Å². The van der Waals surface area contributed by atoms with Crippen molar-refractivity contribution in [3.05, 3.63) is 69.9 Å². The van der Waals surface area contributed by atoms with E-state index < -0.39 is 29.0 Å². The van der Waals surface area contributed by atoms with Gasteiger partial charge in [-0.1, -0.05) is 11.2 Å². The lowest BCUT2D eigenvalue weighted by Crippen LogP contribution is -2.12. The largest absolute Gasteiger partial charge is 0.417 e. The molecule has 0 saturated carbocycles. The predicted molar refractivity (Wildman–Crippen MR) is 114 cm³/mol. The standard InChI is InChI=1S/C22H13F6N5OS/c1-11-9-35-10-15(11)20-30-18-6-29-33(8-19(18)31-20)7-13-5-17(32-34-13)14-3-2-12(21(23,24)25)4-16(14)22(26,27)28/h2-6,8-10H,7H2,1H3. The molecular weight excluding hydrogens is 496 g/mol. The van der Waals surface area contributed by atoms with E-state index in [-0.39, 0.29) is 24.1 Å². The lowest BCUT2D eigenvalue weighted by Gasteiger charge is -2.14. The Morgan fingerprint density at radius 1 is 0.914 bits per heavy atom. The van der Waals surface area contributed by atoms with Gasteiger partial charge in [-0.15, -0.1) is 0 Å². The van der Waals surface area contributed by atoms with E-state index in [0.29, 0.717) is 23.3 Å². The van der Waals surface area contributed by atoms with Crippen LogP contribution in [0.25, 0.3) is 34.0 Å². The zero-order valence-electron chi connectivity index (χ0n) is 17.6. The van der Waals surface area contributed by atoms with Gasteiger partial charge in [-0.05, 0) is 30.0 Å². The molecule has 4 heterocycles. The molecule has 1 aromatic carbocycles. The van der Waals surface area contributed by atoms with Crippen LogP contribution in [0, 0.1) is 6.92 Å². The highest BCUT2D eigenvalue weighted by molar-refractivity contribution is 7.08. The lowest BCUT2D eigenvalue weighted by atomic mass is 10.0. The molecule has 0 saturated heterocycles. The normalized spacial score (nSPS) is 12.5. The SMILES string of the molecule is Cc1cscc1-c1nc2cnn(Cc3cc(-c4ccc(C(F)(F)F)cc4C(F)(F)F)no3)cc-2n1. The van der Waals surface area contributed by atoms with Crippen molar-refractivity contribution in [3.63, 3.8) is 0 Å². The first-order valence-electron chi connectivity index (χ1n) is 9.97. The number of thiophene rings is 1. The first-order valence-corrected chi connectivity index (χ1v) is 10.9. The summed E-state index contributed by atoms with van der Waals surface area (Å²) in [5.74, 6) is 0.709. The maximum absolute atomic E-state index is 13.5. The van der Waals surface area contributed by atoms with Gasteiger partial charge in [-0.3, -0.25) is 4.68 Å². The highest BCUT2D eigenvalue weighted by Crippen LogP contribution is 2.40. The highest BCUT2D eigenvalue weighted by Gasteiger charge is 2.39. The van der Waals surface area contributed by atoms with Gasteiger partial charge in [0.25, 0.3) is 0 Å². The van der Waals surface area contributed by atoms with Gasteiger partial charge in [-0.25, -0.2) is 9.97 Å². The number of alkyl halides is 6. The third kappa shape index (κ3) is 4.50. The Bertz CT molecular complexity index is 1480. The highest BCUT2D eigenvalue weighted by atomic mass is 32.1. The van der Waals surface area contributed by atoms with Crippen molar-refractivity contribution in [3.8, 4) is 34.0 Å². The van der Waals surface area contributed by atoms with Crippen molar-refractivity contribution < 1.29 is 30.9 Å². The molecule has 0 bridgehead atoms. The van der Waals surface area contributed by atoms with Crippen LogP contribution in [0.2, 0.25) is 0 Å². The Hall–Kier alpha value is -3.74. The Labute approximate surface area is 197 Å². The van der Waals surface area contributed by atoms with Crippen LogP contribution in [0.4, 0.5) is 26.3 Å². The van der Waals surface area contributed by atoms with Gasteiger partial charge in [-0.2, -0.15) is 42.8 Å². The summed E-state index contributed by atoms with van der Waals surface area (Å²) in [6, 6.07) is 2.60. The quantitative estimate of drug-likeness (QED) is 0.257. The van der Waals surface area contributed by atoms with Crippen LogP contribution in [0.1, 0.15) is 22.5 Å². The first-order chi connectivity index (χ1) is 16.5. The molecule has 0 amide bonds. The predicted octanol–water partition coefficient (Wildman–Crippen LogP) is 6.56. The molecule has 2 aromatic heterocycles. The molecule has 0 spiro atoms. The van der Waals surface area contributed by atoms with E-state index >= 15 is 0 Å². The number of nitrogens with zero attached hydrogens (tertiary/aromatic N) is 5. The molecule has 0 fully saturated rings. The summed E-state index contributed by atoms with van der Waals surface area (Å²) in [6.07, 6.45) is -6.83. The monoisotopic (exact) mass is 509 g/mol. The number of aryl methyl sites for hydroxylation is 1. The average molecular weight is 509 g/mol. The minimum atomic E-state index is -5.02. The van der Waals surface area contributed by atoms with Crippen LogP contribution in [0.5, 0.6) is 0 Å². The second-order valence-electron chi connectivity index (χ2n) is 7.69. The summed E-state index contributed by atoms with van der Waals surface area (Å²) in [5, 5.41) is 11.8. The van der Waals surface area contributed by atoms with Crippen LogP contribution in [0.3, 0.4) is 0 Å². The molecule has 5 rings (SSSR count). The number of hydrogen-bond acceptors (Lipinski definition) is 6. The minimum Gasteiger partial charge on any atom is -0.359 e. The topological polar surface area (TPSA) is 69.6 Å². The van der Waals surface area contributed by atoms with Gasteiger partial charge < -0.3 is 4.52 Å². The molecule has 0 unspecified atom stereocenters. The van der Waals surface area contributed by atoms with Crippen molar-refractivity contribution in [1.82, 2.24) is 24.9 Å². The van der Waals surface area contributed by atoms with Crippen molar-refractivity contribution in [1.29, 1.82) is 0 Å². The molecule has 0 radical (unpaired) electrons. The summed E-state index contributed by atoms with van der Waals surface area (Å²) in [4.78, 5) is 8.97. The molecule has 0 atom stereocenters. The zero-order valence-corrected chi connectivity index (χ0v) is 18.5. The Morgan fingerprint density at radius 2 is 1.69 bits per heavy atom. The second kappa shape index (κ2) is 8.18. The minimum absolute atomic E-state index is 0.00456. The van der Waals surface area contributed by atoms with Crippen LogP contribution < -0.4 is 0 Å². The molecule has 0 N–H and O–H groups in total. The van der Waals surface area contributed by atoms with E-state index in [1.165, 1.54) is 28.3 Å². The number of benzene rings is 1. The molecular formula is C22H13F6N5OS. The third-order valence-electron chi connectivity index (χ3n) is 5.22. The first kappa shape index (κ1) is 23.0. The van der Waals surface area contributed by atoms with Gasteiger partial charge in [0.1, 0.15) is 23.6 Å². The number of fused-ring (bicyclic) bond motifs is 1. The number of rotatable bonds is 4. The van der Waals surface area contributed by atoms with E-state index in [1.807, 2.05) is 17.7 Å². The Kier molecular flexibility index (Phi) is 5.38. The summed E-state index contributed by atoms with van der Waals surface area (Å²) in [7, 11) is 0. The third-order valence-corrected chi connectivity index (χ3v) is 6.08. The Morgan fingerprint density at radius 3 is 2.37 bits per heavy atom. The summed E-state index contributed by atoms with van der Waals surface area (Å²) in [5.41, 5.74) is -0.544. The van der Waals surface area contributed by atoms with Gasteiger partial charge in [0.2, 0.25) is 0 Å². The number of halogens is 6. The van der Waals surface area contributed by atoms with Crippen molar-refractivity contribution in [2.24, 2.45) is 0 Å². The molecule has 6 nitrogen and oxygen atoms in total. The van der Waals surface area contributed by atoms with Crippen molar-refractivity contribution in [2.75, 3.05) is 0 Å². The van der Waals surface area contributed by atoms with Crippen molar-refractivity contribution >= 4 is 11.3 Å². The van der Waals surface area contributed by atoms with E-state index in [2.05, 4.69) is 20.2 Å². The van der Waals surface area contributed by atoms with E-state index in [0.717, 1.165) is 17.2 Å². The fraction of sp³-hybridized carbons (Fsp3) is 0.182. The van der Waals surface area contributed by atoms with Gasteiger partial charge >= 0.3 is 12.4 Å². The molecule has 2 aliphatic heterocycles. The number of hydrogen-bond donors (Lipinski definition) is 0. The second-order valence-corrected chi connectivity index (χ2v) is 8.44. The molecule has 0 aliphatic carbocycles. The fourth-order valence-corrected chi connectivity index (χ4v) is 4.34. The smallest absolute Gasteiger partial charge is 0.359 e. The van der Waals surface area contributed by atoms with E-state index in [1.54, 1.807) is 6.20 Å². The summed E-state index contributed by atoms with van der Waals surface area (Å²) in [6.45, 7) is 1.96. The molecule has 2 aliphatic rings. The lowest BCUT2D eigenvalue weighted by molar-refractivity contribution is -0.142. The molecule has 3 aromatic rings. The van der Waals surface area contributed by atoms with Gasteiger partial charge in [0.05, 0.1) is 23.5 Å². The zero-order chi connectivity index (χ0) is 25.0. The summed E-state index contributed by atoms with van der Waals surface area (Å²) >= 11 is 1.53. The molecule has 180 valence electrons. The average Bonchev–Trinajstić information content (AvgIpc) is 3.51. The van der Waals surface area contributed by atoms with Gasteiger partial charge in [0.15, 0.2) is 11.6 Å². The van der Waals surface area contributed by atoms with E-state index in [9.17, 15) is 26.3 Å². The van der Waals surface area contributed by atoms with Crippen molar-refractivity contribution in [2.45, 2.75) is 25.8 Å². The molecule has 13 heteroatoms. The number of imidazole rings is 1. The summed E-state index contributed by atoms with van der Waals surface area (Å²) < 4.78 is 85.8. The number of aromatic nitrogens is 5.